The van der Waals surface area contributed by atoms with Gasteiger partial charge in [-0.15, -0.1) is 0 Å². The number of hydrogen-bond donors (Lipinski definition) is 2. The van der Waals surface area contributed by atoms with E-state index in [4.69, 9.17) is 4.74 Å². The van der Waals surface area contributed by atoms with E-state index in [1.165, 1.54) is 27.8 Å². The van der Waals surface area contributed by atoms with Crippen LogP contribution in [-0.2, 0) is 10.2 Å². The molecule has 1 amide bonds. The first-order valence-corrected chi connectivity index (χ1v) is 10.7. The van der Waals surface area contributed by atoms with E-state index in [1.807, 2.05) is 48.5 Å². The van der Waals surface area contributed by atoms with E-state index in [1.54, 1.807) is 0 Å². The highest BCUT2D eigenvalue weighted by molar-refractivity contribution is 5.79. The second-order valence-corrected chi connectivity index (χ2v) is 9.09. The third kappa shape index (κ3) is 4.49. The van der Waals surface area contributed by atoms with Gasteiger partial charge in [0.05, 0.1) is 12.6 Å². The third-order valence-electron chi connectivity index (χ3n) is 5.94. The second kappa shape index (κ2) is 8.56. The first-order chi connectivity index (χ1) is 14.8. The predicted molar refractivity (Wildman–Crippen MR) is 123 cm³/mol. The number of fused-ring (bicyclic) bond motifs is 3. The standard InChI is InChI=1S/C27H29NO3/c1-27(2,3)19-14-12-18(13-15-19)25(29)16-28-26(30)31-17-24-22-10-6-4-8-20(22)21-9-5-7-11-23(21)24/h4-15,24-25,29H,16-17H2,1-3H3,(H,28,30). The molecule has 0 aliphatic heterocycles. The van der Waals surface area contributed by atoms with E-state index in [0.717, 1.165) is 5.56 Å². The molecule has 4 rings (SSSR count). The van der Waals surface area contributed by atoms with E-state index in [2.05, 4.69) is 50.4 Å². The van der Waals surface area contributed by atoms with Crippen molar-refractivity contribution in [2.24, 2.45) is 0 Å². The SMILES string of the molecule is CC(C)(C)c1ccc(C(O)CNC(=O)OCC2c3ccccc3-c3ccccc32)cc1. The number of carbonyl (C=O) groups is 1. The maximum atomic E-state index is 12.3. The molecule has 0 spiro atoms. The maximum Gasteiger partial charge on any atom is 0.407 e. The molecule has 3 aromatic carbocycles. The highest BCUT2D eigenvalue weighted by atomic mass is 16.5. The van der Waals surface area contributed by atoms with Gasteiger partial charge in [-0.1, -0.05) is 93.6 Å². The topological polar surface area (TPSA) is 58.6 Å². The summed E-state index contributed by atoms with van der Waals surface area (Å²) in [5.74, 6) is 0.0213. The average Bonchev–Trinajstić information content (AvgIpc) is 3.09. The number of aliphatic hydroxyl groups is 1. The molecule has 1 atom stereocenters. The van der Waals surface area contributed by atoms with Crippen LogP contribution < -0.4 is 5.32 Å². The van der Waals surface area contributed by atoms with Crippen molar-refractivity contribution in [1.82, 2.24) is 5.32 Å². The normalized spacial score (nSPS) is 13.9. The molecule has 1 aliphatic carbocycles. The summed E-state index contributed by atoms with van der Waals surface area (Å²) in [7, 11) is 0. The highest BCUT2D eigenvalue weighted by Gasteiger charge is 2.29. The number of aliphatic hydroxyl groups excluding tert-OH is 1. The van der Waals surface area contributed by atoms with Crippen molar-refractivity contribution in [2.75, 3.05) is 13.2 Å². The fraction of sp³-hybridized carbons (Fsp3) is 0.296. The zero-order valence-electron chi connectivity index (χ0n) is 18.3. The first-order valence-electron chi connectivity index (χ1n) is 10.7. The number of nitrogens with one attached hydrogen (secondary N) is 1. The smallest absolute Gasteiger partial charge is 0.407 e. The molecule has 0 fully saturated rings. The molecule has 4 nitrogen and oxygen atoms in total. The van der Waals surface area contributed by atoms with Crippen molar-refractivity contribution in [2.45, 2.75) is 38.2 Å². The van der Waals surface area contributed by atoms with Crippen molar-refractivity contribution in [3.05, 3.63) is 95.1 Å². The van der Waals surface area contributed by atoms with E-state index >= 15 is 0 Å². The van der Waals surface area contributed by atoms with Crippen LogP contribution in [0.15, 0.2) is 72.8 Å². The van der Waals surface area contributed by atoms with E-state index in [-0.39, 0.29) is 24.5 Å². The van der Waals surface area contributed by atoms with Gasteiger partial charge >= 0.3 is 6.09 Å². The van der Waals surface area contributed by atoms with Crippen molar-refractivity contribution in [3.8, 4) is 11.1 Å². The Balaban J connectivity index is 1.34. The summed E-state index contributed by atoms with van der Waals surface area (Å²) < 4.78 is 5.53. The zero-order chi connectivity index (χ0) is 22.0. The monoisotopic (exact) mass is 415 g/mol. The fourth-order valence-electron chi connectivity index (χ4n) is 4.15. The second-order valence-electron chi connectivity index (χ2n) is 9.09. The molecule has 0 heterocycles. The van der Waals surface area contributed by atoms with Gasteiger partial charge in [-0.25, -0.2) is 4.79 Å². The molecule has 1 unspecified atom stereocenters. The Morgan fingerprint density at radius 2 is 1.48 bits per heavy atom. The van der Waals surface area contributed by atoms with Gasteiger partial charge in [0.15, 0.2) is 0 Å². The molecule has 0 saturated heterocycles. The number of benzene rings is 3. The Morgan fingerprint density at radius 3 is 2.03 bits per heavy atom. The maximum absolute atomic E-state index is 12.3. The first kappa shape index (κ1) is 21.1. The molecule has 0 saturated carbocycles. The molecule has 0 bridgehead atoms. The van der Waals surface area contributed by atoms with Crippen LogP contribution in [0.4, 0.5) is 4.79 Å². The summed E-state index contributed by atoms with van der Waals surface area (Å²) in [6.07, 6.45) is -1.30. The highest BCUT2D eigenvalue weighted by Crippen LogP contribution is 2.44. The van der Waals surface area contributed by atoms with Crippen LogP contribution in [-0.4, -0.2) is 24.4 Å². The summed E-state index contributed by atoms with van der Waals surface area (Å²) in [4.78, 5) is 12.3. The van der Waals surface area contributed by atoms with Gasteiger partial charge in [-0.2, -0.15) is 0 Å². The van der Waals surface area contributed by atoms with Crippen molar-refractivity contribution < 1.29 is 14.6 Å². The number of carbonyl (C=O) groups excluding carboxylic acids is 1. The van der Waals surface area contributed by atoms with Gasteiger partial charge in [0.2, 0.25) is 0 Å². The van der Waals surface area contributed by atoms with Crippen LogP contribution in [0.1, 0.15) is 55.0 Å². The van der Waals surface area contributed by atoms with Crippen LogP contribution in [0.5, 0.6) is 0 Å². The Bertz CT molecular complexity index is 1020. The predicted octanol–water partition coefficient (Wildman–Crippen LogP) is 5.56. The molecule has 2 N–H and O–H groups in total. The van der Waals surface area contributed by atoms with Gasteiger partial charge in [0.1, 0.15) is 6.61 Å². The molecule has 0 aromatic heterocycles. The lowest BCUT2D eigenvalue weighted by atomic mass is 9.86. The van der Waals surface area contributed by atoms with Crippen LogP contribution >= 0.6 is 0 Å². The van der Waals surface area contributed by atoms with E-state index < -0.39 is 12.2 Å². The molecule has 160 valence electrons. The lowest BCUT2D eigenvalue weighted by molar-refractivity contribution is 0.128. The summed E-state index contributed by atoms with van der Waals surface area (Å²) in [6.45, 7) is 6.81. The van der Waals surface area contributed by atoms with E-state index in [0.29, 0.717) is 0 Å². The Hall–Kier alpha value is -3.11. The van der Waals surface area contributed by atoms with Gasteiger partial charge < -0.3 is 15.2 Å². The number of ether oxygens (including phenoxy) is 1. The summed E-state index contributed by atoms with van der Waals surface area (Å²) >= 11 is 0. The van der Waals surface area contributed by atoms with Crippen LogP contribution in [0.2, 0.25) is 0 Å². The molecule has 31 heavy (non-hydrogen) atoms. The van der Waals surface area contributed by atoms with Crippen LogP contribution in [0, 0.1) is 0 Å². The van der Waals surface area contributed by atoms with Gasteiger partial charge in [-0.05, 0) is 38.8 Å². The molecular weight excluding hydrogens is 386 g/mol. The van der Waals surface area contributed by atoms with Crippen molar-refractivity contribution in [1.29, 1.82) is 0 Å². The largest absolute Gasteiger partial charge is 0.449 e. The van der Waals surface area contributed by atoms with Gasteiger partial charge in [0.25, 0.3) is 0 Å². The van der Waals surface area contributed by atoms with Gasteiger partial charge in [0, 0.05) is 5.92 Å². The minimum absolute atomic E-state index is 0.0213. The number of hydrogen-bond acceptors (Lipinski definition) is 3. The summed E-state index contributed by atoms with van der Waals surface area (Å²) in [5.41, 5.74) is 6.77. The zero-order valence-corrected chi connectivity index (χ0v) is 18.3. The summed E-state index contributed by atoms with van der Waals surface area (Å²) in [5, 5.41) is 13.1. The van der Waals surface area contributed by atoms with E-state index in [9.17, 15) is 9.90 Å². The van der Waals surface area contributed by atoms with Crippen molar-refractivity contribution in [3.63, 3.8) is 0 Å². The number of alkyl carbamates (subject to hydrolysis) is 1. The Morgan fingerprint density at radius 1 is 0.935 bits per heavy atom. The minimum atomic E-state index is -0.783. The van der Waals surface area contributed by atoms with Crippen LogP contribution in [0.3, 0.4) is 0 Å². The molecule has 1 aliphatic rings. The quantitative estimate of drug-likeness (QED) is 0.574. The molecular formula is C27H29NO3. The van der Waals surface area contributed by atoms with Crippen LogP contribution in [0.25, 0.3) is 11.1 Å². The molecule has 3 aromatic rings. The average molecular weight is 416 g/mol. The number of rotatable bonds is 5. The molecule has 4 heteroatoms. The fourth-order valence-corrected chi connectivity index (χ4v) is 4.15. The lowest BCUT2D eigenvalue weighted by Gasteiger charge is -2.20. The van der Waals surface area contributed by atoms with Crippen molar-refractivity contribution >= 4 is 6.09 Å². The minimum Gasteiger partial charge on any atom is -0.449 e. The Labute approximate surface area is 183 Å². The molecule has 0 radical (unpaired) electrons. The van der Waals surface area contributed by atoms with Gasteiger partial charge in [-0.3, -0.25) is 0 Å². The lowest BCUT2D eigenvalue weighted by Crippen LogP contribution is -2.30. The Kier molecular flexibility index (Phi) is 5.84. The third-order valence-corrected chi connectivity index (χ3v) is 5.94. The number of amides is 1. The summed E-state index contributed by atoms with van der Waals surface area (Å²) in [6, 6.07) is 24.3.